The Morgan fingerprint density at radius 1 is 0.556 bits per heavy atom. The predicted molar refractivity (Wildman–Crippen MR) is 92.7 cm³/mol. The summed E-state index contributed by atoms with van der Waals surface area (Å²) in [5.41, 5.74) is 4.95. The maximum Gasteiger partial charge on any atom is 0.0682 e. The van der Waals surface area contributed by atoms with E-state index in [1.807, 2.05) is 0 Å². The molecule has 18 heavy (non-hydrogen) atoms. The van der Waals surface area contributed by atoms with Crippen LogP contribution in [0.2, 0.25) is 39.3 Å². The first-order chi connectivity index (χ1) is 8.21. The molecule has 0 aromatic heterocycles. The minimum atomic E-state index is -0.947. The summed E-state index contributed by atoms with van der Waals surface area (Å²) >= 11 is 0. The Kier molecular flexibility index (Phi) is 8.88. The van der Waals surface area contributed by atoms with Gasteiger partial charge in [-0.1, -0.05) is 75.7 Å². The molecule has 0 aromatic carbocycles. The quantitative estimate of drug-likeness (QED) is 0.349. The molecule has 0 bridgehead atoms. The van der Waals surface area contributed by atoms with E-state index in [0.717, 1.165) is 0 Å². The molecule has 0 amide bonds. The van der Waals surface area contributed by atoms with Crippen LogP contribution in [0.4, 0.5) is 0 Å². The van der Waals surface area contributed by atoms with Crippen LogP contribution in [0.3, 0.4) is 0 Å². The lowest BCUT2D eigenvalue weighted by Gasteiger charge is -2.08. The number of hydrogen-bond acceptors (Lipinski definition) is 0. The molecule has 0 aliphatic rings. The van der Waals surface area contributed by atoms with E-state index in [4.69, 9.17) is 0 Å². The van der Waals surface area contributed by atoms with Gasteiger partial charge in [-0.3, -0.25) is 0 Å². The average molecular weight is 283 g/mol. The molecule has 0 nitrogen and oxygen atoms in total. The first kappa shape index (κ1) is 17.9. The summed E-state index contributed by atoms with van der Waals surface area (Å²) in [7, 11) is -1.89. The van der Waals surface area contributed by atoms with Crippen molar-refractivity contribution in [2.75, 3.05) is 0 Å². The van der Waals surface area contributed by atoms with Gasteiger partial charge in [0.15, 0.2) is 0 Å². The molecule has 0 aliphatic carbocycles. The van der Waals surface area contributed by atoms with Gasteiger partial charge < -0.3 is 0 Å². The summed E-state index contributed by atoms with van der Waals surface area (Å²) in [6.07, 6.45) is 12.9. The Bertz CT molecular complexity index is 223. The second kappa shape index (κ2) is 8.92. The molecule has 2 heteroatoms. The molecule has 0 saturated carbocycles. The highest BCUT2D eigenvalue weighted by Crippen LogP contribution is 2.09. The highest BCUT2D eigenvalue weighted by Gasteiger charge is 2.06. The molecule has 0 heterocycles. The zero-order valence-corrected chi connectivity index (χ0v) is 15.6. The Labute approximate surface area is 118 Å². The monoisotopic (exact) mass is 282 g/mol. The Morgan fingerprint density at radius 3 is 1.17 bits per heavy atom. The zero-order chi connectivity index (χ0) is 14.1. The molecular weight excluding hydrogens is 248 g/mol. The molecule has 0 saturated heterocycles. The molecule has 0 N–H and O–H groups in total. The SMILES string of the molecule is C[Si](C)(C)C=CCCCCCCC=C[Si](C)(C)C. The van der Waals surface area contributed by atoms with E-state index in [-0.39, 0.29) is 0 Å². The fraction of sp³-hybridized carbons (Fsp3) is 0.750. The van der Waals surface area contributed by atoms with Gasteiger partial charge >= 0.3 is 0 Å². The van der Waals surface area contributed by atoms with E-state index in [0.29, 0.717) is 0 Å². The lowest BCUT2D eigenvalue weighted by Crippen LogP contribution is -2.15. The second-order valence-corrected chi connectivity index (χ2v) is 17.7. The van der Waals surface area contributed by atoms with Crippen molar-refractivity contribution in [1.82, 2.24) is 0 Å². The molecule has 106 valence electrons. The van der Waals surface area contributed by atoms with Gasteiger partial charge in [0.2, 0.25) is 0 Å². The van der Waals surface area contributed by atoms with Gasteiger partial charge in [-0.25, -0.2) is 0 Å². The van der Waals surface area contributed by atoms with Gasteiger partial charge in [0.1, 0.15) is 0 Å². The first-order valence-electron chi connectivity index (χ1n) is 7.56. The van der Waals surface area contributed by atoms with E-state index >= 15 is 0 Å². The number of unbranched alkanes of at least 4 members (excludes halogenated alkanes) is 5. The average Bonchev–Trinajstić information content (AvgIpc) is 2.17. The molecule has 0 aromatic rings. The fourth-order valence-corrected chi connectivity index (χ4v) is 3.50. The van der Waals surface area contributed by atoms with Crippen molar-refractivity contribution in [3.05, 3.63) is 23.6 Å². The van der Waals surface area contributed by atoms with Gasteiger partial charge in [-0.2, -0.15) is 0 Å². The molecule has 0 fully saturated rings. The fourth-order valence-electron chi connectivity index (χ4n) is 1.75. The molecule has 0 atom stereocenters. The van der Waals surface area contributed by atoms with E-state index in [2.05, 4.69) is 62.8 Å². The maximum atomic E-state index is 2.48. The van der Waals surface area contributed by atoms with Crippen LogP contribution >= 0.6 is 0 Å². The van der Waals surface area contributed by atoms with Crippen LogP contribution in [0, 0.1) is 0 Å². The molecule has 0 spiro atoms. The molecule has 0 rings (SSSR count). The van der Waals surface area contributed by atoms with E-state index in [9.17, 15) is 0 Å². The summed E-state index contributed by atoms with van der Waals surface area (Å²) < 4.78 is 0. The molecule has 0 unspecified atom stereocenters. The molecule has 0 aliphatic heterocycles. The van der Waals surface area contributed by atoms with Crippen molar-refractivity contribution in [2.24, 2.45) is 0 Å². The smallest absolute Gasteiger partial charge is 0.0682 e. The first-order valence-corrected chi connectivity index (χ1v) is 14.7. The van der Waals surface area contributed by atoms with Gasteiger partial charge in [0, 0.05) is 0 Å². The van der Waals surface area contributed by atoms with Gasteiger partial charge in [-0.05, 0) is 25.7 Å². The lowest BCUT2D eigenvalue weighted by molar-refractivity contribution is 0.652. The van der Waals surface area contributed by atoms with Crippen molar-refractivity contribution in [1.29, 1.82) is 0 Å². The topological polar surface area (TPSA) is 0 Å². The van der Waals surface area contributed by atoms with Crippen molar-refractivity contribution in [3.63, 3.8) is 0 Å². The van der Waals surface area contributed by atoms with E-state index < -0.39 is 16.1 Å². The minimum absolute atomic E-state index is 0.947. The predicted octanol–water partition coefficient (Wildman–Crippen LogP) is 6.19. The third-order valence-electron chi connectivity index (χ3n) is 2.73. The van der Waals surface area contributed by atoms with Crippen LogP contribution < -0.4 is 0 Å². The van der Waals surface area contributed by atoms with Crippen LogP contribution in [0.15, 0.2) is 23.6 Å². The van der Waals surface area contributed by atoms with Crippen LogP contribution in [0.1, 0.15) is 38.5 Å². The zero-order valence-electron chi connectivity index (χ0n) is 13.6. The Morgan fingerprint density at radius 2 is 0.889 bits per heavy atom. The lowest BCUT2D eigenvalue weighted by atomic mass is 10.1. The summed E-state index contributed by atoms with van der Waals surface area (Å²) in [6.45, 7) is 14.4. The van der Waals surface area contributed by atoms with Crippen LogP contribution in [0.5, 0.6) is 0 Å². The Balaban J connectivity index is 3.37. The van der Waals surface area contributed by atoms with Crippen LogP contribution in [-0.2, 0) is 0 Å². The van der Waals surface area contributed by atoms with E-state index in [1.165, 1.54) is 38.5 Å². The third kappa shape index (κ3) is 15.9. The summed E-state index contributed by atoms with van der Waals surface area (Å²) in [4.78, 5) is 0. The highest BCUT2D eigenvalue weighted by molar-refractivity contribution is 6.81. The number of allylic oxidation sites excluding steroid dienone is 2. The Hall–Kier alpha value is -0.0862. The molecular formula is C16H34Si2. The highest BCUT2D eigenvalue weighted by atomic mass is 28.3. The summed E-state index contributed by atoms with van der Waals surface area (Å²) in [5, 5.41) is 0. The van der Waals surface area contributed by atoms with Crippen LogP contribution in [0.25, 0.3) is 0 Å². The summed E-state index contributed by atoms with van der Waals surface area (Å²) in [6, 6.07) is 0. The standard InChI is InChI=1S/C16H34Si2/c1-17(2,3)15-13-11-9-7-8-10-12-14-16-18(4,5)6/h13-16H,7-12H2,1-6H3. The maximum absolute atomic E-state index is 2.48. The normalized spacial score (nSPS) is 13.9. The summed E-state index contributed by atoms with van der Waals surface area (Å²) in [5.74, 6) is 0. The van der Waals surface area contributed by atoms with Crippen molar-refractivity contribution in [3.8, 4) is 0 Å². The van der Waals surface area contributed by atoms with Crippen molar-refractivity contribution in [2.45, 2.75) is 77.8 Å². The second-order valence-electron chi connectivity index (χ2n) is 7.53. The van der Waals surface area contributed by atoms with Crippen molar-refractivity contribution < 1.29 is 0 Å². The van der Waals surface area contributed by atoms with Gasteiger partial charge in [0.05, 0.1) is 16.1 Å². The molecule has 0 radical (unpaired) electrons. The van der Waals surface area contributed by atoms with Crippen molar-refractivity contribution >= 4 is 16.1 Å². The van der Waals surface area contributed by atoms with Crippen LogP contribution in [-0.4, -0.2) is 16.1 Å². The largest absolute Gasteiger partial charge is 0.0989 e. The third-order valence-corrected chi connectivity index (χ3v) is 5.20. The number of rotatable bonds is 9. The van der Waals surface area contributed by atoms with Gasteiger partial charge in [0.25, 0.3) is 0 Å². The van der Waals surface area contributed by atoms with Gasteiger partial charge in [-0.15, -0.1) is 0 Å². The van der Waals surface area contributed by atoms with E-state index in [1.54, 1.807) is 0 Å². The number of hydrogen-bond donors (Lipinski definition) is 0. The minimum Gasteiger partial charge on any atom is -0.0989 e.